The molecule has 0 aliphatic heterocycles. The molecule has 17 heavy (non-hydrogen) atoms. The standard InChI is InChI=1S/C11H12N2O3S/c1-13(6-10(14)15)5-8-7-17-11(12-8)9-3-2-4-16-9/h2-4,7H,5-6H2,1H3,(H,14,15). The van der Waals surface area contributed by atoms with Crippen molar-refractivity contribution in [2.45, 2.75) is 6.54 Å². The lowest BCUT2D eigenvalue weighted by Crippen LogP contribution is -2.25. The van der Waals surface area contributed by atoms with Gasteiger partial charge >= 0.3 is 5.97 Å². The van der Waals surface area contributed by atoms with Crippen LogP contribution in [0.2, 0.25) is 0 Å². The third-order valence-corrected chi connectivity index (χ3v) is 3.03. The van der Waals surface area contributed by atoms with Crippen molar-refractivity contribution in [1.29, 1.82) is 0 Å². The molecule has 0 atom stereocenters. The molecule has 0 fully saturated rings. The minimum Gasteiger partial charge on any atom is -0.480 e. The lowest BCUT2D eigenvalue weighted by atomic mass is 10.4. The number of hydrogen-bond donors (Lipinski definition) is 1. The number of thiazole rings is 1. The summed E-state index contributed by atoms with van der Waals surface area (Å²) in [7, 11) is 1.75. The predicted molar refractivity (Wildman–Crippen MR) is 63.8 cm³/mol. The monoisotopic (exact) mass is 252 g/mol. The second-order valence-corrected chi connectivity index (χ2v) is 4.55. The fraction of sp³-hybridized carbons (Fsp3) is 0.273. The first kappa shape index (κ1) is 11.8. The zero-order valence-electron chi connectivity index (χ0n) is 9.29. The van der Waals surface area contributed by atoms with Crippen LogP contribution in [0.25, 0.3) is 10.8 Å². The van der Waals surface area contributed by atoms with E-state index in [-0.39, 0.29) is 6.54 Å². The largest absolute Gasteiger partial charge is 0.480 e. The lowest BCUT2D eigenvalue weighted by Gasteiger charge is -2.11. The van der Waals surface area contributed by atoms with E-state index < -0.39 is 5.97 Å². The number of hydrogen-bond acceptors (Lipinski definition) is 5. The number of nitrogens with zero attached hydrogens (tertiary/aromatic N) is 2. The molecule has 2 aromatic heterocycles. The van der Waals surface area contributed by atoms with Gasteiger partial charge in [0.2, 0.25) is 0 Å². The van der Waals surface area contributed by atoms with Crippen LogP contribution in [-0.2, 0) is 11.3 Å². The van der Waals surface area contributed by atoms with Crippen LogP contribution in [0.15, 0.2) is 28.2 Å². The van der Waals surface area contributed by atoms with E-state index in [1.165, 1.54) is 11.3 Å². The molecule has 0 aromatic carbocycles. The van der Waals surface area contributed by atoms with Crippen molar-refractivity contribution in [3.8, 4) is 10.8 Å². The van der Waals surface area contributed by atoms with Crippen molar-refractivity contribution in [1.82, 2.24) is 9.88 Å². The number of carboxylic acid groups (broad SMARTS) is 1. The molecule has 90 valence electrons. The number of aliphatic carboxylic acids is 1. The van der Waals surface area contributed by atoms with Gasteiger partial charge in [-0.05, 0) is 19.2 Å². The van der Waals surface area contributed by atoms with Gasteiger partial charge in [-0.15, -0.1) is 11.3 Å². The summed E-state index contributed by atoms with van der Waals surface area (Å²) in [5.74, 6) is -0.101. The molecule has 2 rings (SSSR count). The van der Waals surface area contributed by atoms with Gasteiger partial charge in [-0.25, -0.2) is 4.98 Å². The summed E-state index contributed by atoms with van der Waals surface area (Å²) >= 11 is 1.49. The molecule has 0 saturated heterocycles. The lowest BCUT2D eigenvalue weighted by molar-refractivity contribution is -0.138. The van der Waals surface area contributed by atoms with Crippen molar-refractivity contribution in [2.24, 2.45) is 0 Å². The zero-order chi connectivity index (χ0) is 12.3. The van der Waals surface area contributed by atoms with Crippen molar-refractivity contribution >= 4 is 17.3 Å². The van der Waals surface area contributed by atoms with E-state index in [2.05, 4.69) is 4.98 Å². The Morgan fingerprint density at radius 1 is 1.65 bits per heavy atom. The van der Waals surface area contributed by atoms with Crippen molar-refractivity contribution in [2.75, 3.05) is 13.6 Å². The molecule has 6 heteroatoms. The highest BCUT2D eigenvalue weighted by atomic mass is 32.1. The Labute approximate surface area is 102 Å². The minimum absolute atomic E-state index is 0.00755. The van der Waals surface area contributed by atoms with Crippen LogP contribution in [0.5, 0.6) is 0 Å². The Hall–Kier alpha value is -1.66. The minimum atomic E-state index is -0.839. The normalized spacial score (nSPS) is 10.9. The Kier molecular flexibility index (Phi) is 3.55. The summed E-state index contributed by atoms with van der Waals surface area (Å²) < 4.78 is 5.24. The second kappa shape index (κ2) is 5.11. The average molecular weight is 252 g/mol. The Morgan fingerprint density at radius 2 is 2.47 bits per heavy atom. The molecule has 2 heterocycles. The van der Waals surface area contributed by atoms with E-state index in [1.54, 1.807) is 18.2 Å². The number of furan rings is 1. The zero-order valence-corrected chi connectivity index (χ0v) is 10.1. The number of aromatic nitrogens is 1. The first-order valence-corrected chi connectivity index (χ1v) is 5.92. The fourth-order valence-electron chi connectivity index (χ4n) is 1.46. The van der Waals surface area contributed by atoms with E-state index in [4.69, 9.17) is 9.52 Å². The van der Waals surface area contributed by atoms with Crippen molar-refractivity contribution in [3.05, 3.63) is 29.5 Å². The van der Waals surface area contributed by atoms with E-state index in [0.717, 1.165) is 16.5 Å². The van der Waals surface area contributed by atoms with Gasteiger partial charge in [0.05, 0.1) is 18.5 Å². The third-order valence-electron chi connectivity index (χ3n) is 2.12. The van der Waals surface area contributed by atoms with E-state index >= 15 is 0 Å². The Bertz CT molecular complexity index is 493. The van der Waals surface area contributed by atoms with Gasteiger partial charge in [0.15, 0.2) is 10.8 Å². The molecule has 0 saturated carbocycles. The fourth-order valence-corrected chi connectivity index (χ4v) is 2.23. The number of carboxylic acids is 1. The van der Waals surface area contributed by atoms with Crippen LogP contribution in [0.3, 0.4) is 0 Å². The molecule has 0 amide bonds. The van der Waals surface area contributed by atoms with E-state index in [1.807, 2.05) is 17.5 Å². The Morgan fingerprint density at radius 3 is 3.12 bits per heavy atom. The first-order valence-electron chi connectivity index (χ1n) is 5.04. The SMILES string of the molecule is CN(CC(=O)O)Cc1csc(-c2ccco2)n1. The number of likely N-dealkylation sites (N-methyl/N-ethyl adjacent to an activating group) is 1. The van der Waals surface area contributed by atoms with Gasteiger partial charge in [-0.2, -0.15) is 0 Å². The van der Waals surface area contributed by atoms with Crippen LogP contribution in [-0.4, -0.2) is 34.6 Å². The molecule has 0 aliphatic carbocycles. The van der Waals surface area contributed by atoms with Crippen LogP contribution in [0.1, 0.15) is 5.69 Å². The highest BCUT2D eigenvalue weighted by molar-refractivity contribution is 7.13. The summed E-state index contributed by atoms with van der Waals surface area (Å²) in [5.41, 5.74) is 0.852. The molecule has 0 bridgehead atoms. The molecule has 5 nitrogen and oxygen atoms in total. The second-order valence-electron chi connectivity index (χ2n) is 3.69. The molecule has 0 unspecified atom stereocenters. The van der Waals surface area contributed by atoms with Crippen LogP contribution < -0.4 is 0 Å². The van der Waals surface area contributed by atoms with E-state index in [0.29, 0.717) is 6.54 Å². The van der Waals surface area contributed by atoms with Crippen molar-refractivity contribution in [3.63, 3.8) is 0 Å². The van der Waals surface area contributed by atoms with Crippen LogP contribution in [0, 0.1) is 0 Å². The molecular weight excluding hydrogens is 240 g/mol. The number of rotatable bonds is 5. The van der Waals surface area contributed by atoms with Crippen molar-refractivity contribution < 1.29 is 14.3 Å². The smallest absolute Gasteiger partial charge is 0.317 e. The summed E-state index contributed by atoms with van der Waals surface area (Å²) in [6, 6.07) is 3.66. The topological polar surface area (TPSA) is 66.6 Å². The predicted octanol–water partition coefficient (Wildman–Crippen LogP) is 1.92. The van der Waals surface area contributed by atoms with Crippen LogP contribution in [0.4, 0.5) is 0 Å². The summed E-state index contributed by atoms with van der Waals surface area (Å²) in [5, 5.41) is 11.4. The molecule has 2 aromatic rings. The number of carbonyl (C=O) groups is 1. The Balaban J connectivity index is 2.01. The van der Waals surface area contributed by atoms with Gasteiger partial charge in [0, 0.05) is 11.9 Å². The quantitative estimate of drug-likeness (QED) is 0.880. The third kappa shape index (κ3) is 3.15. The molecular formula is C11H12N2O3S. The average Bonchev–Trinajstić information content (AvgIpc) is 2.84. The summed E-state index contributed by atoms with van der Waals surface area (Å²) in [6.07, 6.45) is 1.60. The van der Waals surface area contributed by atoms with Crippen LogP contribution >= 0.6 is 11.3 Å². The molecule has 0 aliphatic rings. The van der Waals surface area contributed by atoms with Gasteiger partial charge in [-0.1, -0.05) is 0 Å². The first-order chi connectivity index (χ1) is 8.15. The van der Waals surface area contributed by atoms with Gasteiger partial charge < -0.3 is 9.52 Å². The highest BCUT2D eigenvalue weighted by Crippen LogP contribution is 2.24. The van der Waals surface area contributed by atoms with Gasteiger partial charge in [0.25, 0.3) is 0 Å². The summed E-state index contributed by atoms with van der Waals surface area (Å²) in [4.78, 5) is 16.6. The maximum atomic E-state index is 10.5. The van der Waals surface area contributed by atoms with Gasteiger partial charge in [-0.3, -0.25) is 9.69 Å². The van der Waals surface area contributed by atoms with Gasteiger partial charge in [0.1, 0.15) is 0 Å². The van der Waals surface area contributed by atoms with E-state index in [9.17, 15) is 4.79 Å². The molecule has 1 N–H and O–H groups in total. The maximum Gasteiger partial charge on any atom is 0.317 e. The molecule has 0 radical (unpaired) electrons. The summed E-state index contributed by atoms with van der Waals surface area (Å²) in [6.45, 7) is 0.525. The maximum absolute atomic E-state index is 10.5. The molecule has 0 spiro atoms. The highest BCUT2D eigenvalue weighted by Gasteiger charge is 2.10.